The molecule has 0 aromatic heterocycles. The van der Waals surface area contributed by atoms with Gasteiger partial charge >= 0.3 is 0 Å². The molecule has 0 bridgehead atoms. The fourth-order valence-electron chi connectivity index (χ4n) is 2.35. The van der Waals surface area contributed by atoms with Crippen LogP contribution >= 0.6 is 0 Å². The molecule has 1 saturated heterocycles. The minimum Gasteiger partial charge on any atom is -0.507 e. The molecule has 0 saturated carbocycles. The molecule has 1 aromatic carbocycles. The Labute approximate surface area is 112 Å². The molecule has 1 aliphatic heterocycles. The van der Waals surface area contributed by atoms with E-state index in [0.29, 0.717) is 12.5 Å². The highest BCUT2D eigenvalue weighted by atomic mass is 19.1. The van der Waals surface area contributed by atoms with Gasteiger partial charge in [0.25, 0.3) is 5.91 Å². The molecule has 1 fully saturated rings. The lowest BCUT2D eigenvalue weighted by molar-refractivity contribution is 0.0948. The first-order valence-electron chi connectivity index (χ1n) is 6.64. The lowest BCUT2D eigenvalue weighted by Gasteiger charge is -2.22. The Morgan fingerprint density at radius 3 is 3.05 bits per heavy atom. The highest BCUT2D eigenvalue weighted by Crippen LogP contribution is 2.18. The molecule has 104 valence electrons. The SMILES string of the molecule is O=C(NCCC1CCCNC1)c1ccc(F)cc1O. The number of piperidine rings is 1. The van der Waals surface area contributed by atoms with Crippen LogP contribution in [0.25, 0.3) is 0 Å². The number of rotatable bonds is 4. The number of phenols is 1. The Bertz CT molecular complexity index is 445. The zero-order valence-electron chi connectivity index (χ0n) is 10.8. The van der Waals surface area contributed by atoms with Crippen LogP contribution in [0.5, 0.6) is 5.75 Å². The molecule has 4 nitrogen and oxygen atoms in total. The van der Waals surface area contributed by atoms with Crippen molar-refractivity contribution < 1.29 is 14.3 Å². The Morgan fingerprint density at radius 2 is 2.37 bits per heavy atom. The fourth-order valence-corrected chi connectivity index (χ4v) is 2.35. The molecule has 1 atom stereocenters. The molecule has 1 heterocycles. The van der Waals surface area contributed by atoms with Crippen LogP contribution in [0.3, 0.4) is 0 Å². The van der Waals surface area contributed by atoms with Crippen molar-refractivity contribution in [2.45, 2.75) is 19.3 Å². The molecule has 0 spiro atoms. The third-order valence-corrected chi connectivity index (χ3v) is 3.44. The van der Waals surface area contributed by atoms with Gasteiger partial charge in [0.1, 0.15) is 11.6 Å². The van der Waals surface area contributed by atoms with Gasteiger partial charge < -0.3 is 15.7 Å². The number of hydrogen-bond donors (Lipinski definition) is 3. The average molecular weight is 266 g/mol. The quantitative estimate of drug-likeness (QED) is 0.776. The maximum atomic E-state index is 12.8. The summed E-state index contributed by atoms with van der Waals surface area (Å²) in [5, 5.41) is 15.6. The second-order valence-corrected chi connectivity index (χ2v) is 4.92. The topological polar surface area (TPSA) is 61.4 Å². The average Bonchev–Trinajstić information content (AvgIpc) is 2.39. The van der Waals surface area contributed by atoms with Crippen LogP contribution < -0.4 is 10.6 Å². The van der Waals surface area contributed by atoms with Gasteiger partial charge in [0, 0.05) is 12.6 Å². The van der Waals surface area contributed by atoms with Gasteiger partial charge in [0.15, 0.2) is 0 Å². The van der Waals surface area contributed by atoms with Gasteiger partial charge in [-0.3, -0.25) is 4.79 Å². The molecule has 5 heteroatoms. The van der Waals surface area contributed by atoms with Crippen molar-refractivity contribution in [1.82, 2.24) is 10.6 Å². The van der Waals surface area contributed by atoms with Crippen LogP contribution in [0, 0.1) is 11.7 Å². The third-order valence-electron chi connectivity index (χ3n) is 3.44. The standard InChI is InChI=1S/C14H19FN2O2/c15-11-3-4-12(13(18)8-11)14(19)17-7-5-10-2-1-6-16-9-10/h3-4,8,10,16,18H,1-2,5-7,9H2,(H,17,19). The summed E-state index contributed by atoms with van der Waals surface area (Å²) < 4.78 is 12.8. The Balaban J connectivity index is 1.80. The number of amides is 1. The van der Waals surface area contributed by atoms with E-state index in [2.05, 4.69) is 10.6 Å². The second-order valence-electron chi connectivity index (χ2n) is 4.92. The smallest absolute Gasteiger partial charge is 0.255 e. The van der Waals surface area contributed by atoms with E-state index in [1.165, 1.54) is 25.0 Å². The van der Waals surface area contributed by atoms with Crippen LogP contribution in [-0.2, 0) is 0 Å². The van der Waals surface area contributed by atoms with E-state index in [0.717, 1.165) is 25.6 Å². The van der Waals surface area contributed by atoms with E-state index < -0.39 is 5.82 Å². The summed E-state index contributed by atoms with van der Waals surface area (Å²) in [6.45, 7) is 2.64. The number of aromatic hydroxyl groups is 1. The number of hydrogen-bond acceptors (Lipinski definition) is 3. The van der Waals surface area contributed by atoms with Crippen molar-refractivity contribution in [2.24, 2.45) is 5.92 Å². The van der Waals surface area contributed by atoms with E-state index in [9.17, 15) is 14.3 Å². The minimum atomic E-state index is -0.553. The van der Waals surface area contributed by atoms with Gasteiger partial charge in [-0.05, 0) is 50.4 Å². The lowest BCUT2D eigenvalue weighted by atomic mass is 9.96. The number of carbonyl (C=O) groups is 1. The molecular formula is C14H19FN2O2. The molecule has 1 aliphatic rings. The molecule has 0 radical (unpaired) electrons. The molecule has 1 amide bonds. The van der Waals surface area contributed by atoms with Gasteiger partial charge in [-0.15, -0.1) is 0 Å². The largest absolute Gasteiger partial charge is 0.507 e. The molecule has 3 N–H and O–H groups in total. The first kappa shape index (κ1) is 13.8. The maximum absolute atomic E-state index is 12.8. The Kier molecular flexibility index (Phi) is 4.74. The summed E-state index contributed by atoms with van der Waals surface area (Å²) in [6.07, 6.45) is 3.28. The first-order valence-corrected chi connectivity index (χ1v) is 6.64. The Hall–Kier alpha value is -1.62. The predicted molar refractivity (Wildman–Crippen MR) is 70.6 cm³/mol. The summed E-state index contributed by atoms with van der Waals surface area (Å²) in [7, 11) is 0. The Morgan fingerprint density at radius 1 is 1.53 bits per heavy atom. The van der Waals surface area contributed by atoms with E-state index >= 15 is 0 Å². The van der Waals surface area contributed by atoms with Crippen molar-refractivity contribution in [2.75, 3.05) is 19.6 Å². The molecule has 19 heavy (non-hydrogen) atoms. The van der Waals surface area contributed by atoms with E-state index in [-0.39, 0.29) is 17.2 Å². The summed E-state index contributed by atoms with van der Waals surface area (Å²) in [4.78, 5) is 11.8. The van der Waals surface area contributed by atoms with E-state index in [1.807, 2.05) is 0 Å². The van der Waals surface area contributed by atoms with Crippen LogP contribution in [0.1, 0.15) is 29.6 Å². The number of carbonyl (C=O) groups excluding carboxylic acids is 1. The van der Waals surface area contributed by atoms with E-state index in [4.69, 9.17) is 0 Å². The highest BCUT2D eigenvalue weighted by molar-refractivity contribution is 5.96. The monoisotopic (exact) mass is 266 g/mol. The molecule has 1 aromatic rings. The fraction of sp³-hybridized carbons (Fsp3) is 0.500. The maximum Gasteiger partial charge on any atom is 0.255 e. The van der Waals surface area contributed by atoms with Crippen LogP contribution in [-0.4, -0.2) is 30.6 Å². The van der Waals surface area contributed by atoms with Gasteiger partial charge in [-0.25, -0.2) is 4.39 Å². The number of benzene rings is 1. The summed E-state index contributed by atoms with van der Waals surface area (Å²) in [5.41, 5.74) is 0.114. The van der Waals surface area contributed by atoms with E-state index in [1.54, 1.807) is 0 Å². The zero-order chi connectivity index (χ0) is 13.7. The summed E-state index contributed by atoms with van der Waals surface area (Å²) in [6, 6.07) is 3.40. The molecular weight excluding hydrogens is 247 g/mol. The second kappa shape index (κ2) is 6.52. The number of nitrogens with one attached hydrogen (secondary N) is 2. The van der Waals surface area contributed by atoms with Crippen LogP contribution in [0.15, 0.2) is 18.2 Å². The van der Waals surface area contributed by atoms with Crippen molar-refractivity contribution in [1.29, 1.82) is 0 Å². The van der Waals surface area contributed by atoms with Gasteiger partial charge in [-0.1, -0.05) is 0 Å². The molecule has 0 aliphatic carbocycles. The normalized spacial score (nSPS) is 19.1. The van der Waals surface area contributed by atoms with Crippen molar-refractivity contribution in [3.63, 3.8) is 0 Å². The highest BCUT2D eigenvalue weighted by Gasteiger charge is 2.14. The van der Waals surface area contributed by atoms with Crippen molar-refractivity contribution >= 4 is 5.91 Å². The molecule has 2 rings (SSSR count). The predicted octanol–water partition coefficient (Wildman–Crippen LogP) is 1.65. The van der Waals surface area contributed by atoms with Crippen molar-refractivity contribution in [3.8, 4) is 5.75 Å². The van der Waals surface area contributed by atoms with Gasteiger partial charge in [0.05, 0.1) is 5.56 Å². The summed E-state index contributed by atoms with van der Waals surface area (Å²) in [5.74, 6) is -0.642. The minimum absolute atomic E-state index is 0.114. The lowest BCUT2D eigenvalue weighted by Crippen LogP contribution is -2.33. The summed E-state index contributed by atoms with van der Waals surface area (Å²) >= 11 is 0. The zero-order valence-corrected chi connectivity index (χ0v) is 10.8. The molecule has 1 unspecified atom stereocenters. The van der Waals surface area contributed by atoms with Crippen molar-refractivity contribution in [3.05, 3.63) is 29.6 Å². The number of phenolic OH excluding ortho intramolecular Hbond substituents is 1. The van der Waals surface area contributed by atoms with Gasteiger partial charge in [0.2, 0.25) is 0 Å². The first-order chi connectivity index (χ1) is 9.16. The van der Waals surface area contributed by atoms with Gasteiger partial charge in [-0.2, -0.15) is 0 Å². The number of halogens is 1. The van der Waals surface area contributed by atoms with Crippen LogP contribution in [0.2, 0.25) is 0 Å². The van der Waals surface area contributed by atoms with Crippen LogP contribution in [0.4, 0.5) is 4.39 Å². The third kappa shape index (κ3) is 3.92.